The van der Waals surface area contributed by atoms with Gasteiger partial charge in [-0.25, -0.2) is 0 Å². The summed E-state index contributed by atoms with van der Waals surface area (Å²) in [5, 5.41) is 2.37. The third-order valence-corrected chi connectivity index (χ3v) is 5.04. The highest BCUT2D eigenvalue weighted by Crippen LogP contribution is 2.30. The summed E-state index contributed by atoms with van der Waals surface area (Å²) in [6.07, 6.45) is 1.08. The standard InChI is InChI=1S/C18H17ClOS/c1-2-14-8-9-15(21-14)12-20-18-10-7-13-5-3-4-6-16(13)17(18)11-19/h3-10H,2,11-12H2,1H3. The lowest BCUT2D eigenvalue weighted by Gasteiger charge is -2.12. The zero-order valence-corrected chi connectivity index (χ0v) is 13.5. The molecule has 3 heteroatoms. The van der Waals surface area contributed by atoms with E-state index in [-0.39, 0.29) is 0 Å². The minimum Gasteiger partial charge on any atom is -0.488 e. The predicted molar refractivity (Wildman–Crippen MR) is 91.5 cm³/mol. The molecule has 1 nitrogen and oxygen atoms in total. The van der Waals surface area contributed by atoms with Crippen LogP contribution in [-0.2, 0) is 18.9 Å². The molecule has 0 atom stereocenters. The van der Waals surface area contributed by atoms with E-state index in [2.05, 4.69) is 37.3 Å². The van der Waals surface area contributed by atoms with Crippen molar-refractivity contribution in [1.29, 1.82) is 0 Å². The molecule has 3 rings (SSSR count). The Balaban J connectivity index is 1.86. The Morgan fingerprint density at radius 2 is 1.81 bits per heavy atom. The fourth-order valence-corrected chi connectivity index (χ4v) is 3.57. The maximum Gasteiger partial charge on any atom is 0.124 e. The van der Waals surface area contributed by atoms with Crippen LogP contribution in [0.1, 0.15) is 22.2 Å². The number of alkyl halides is 1. The van der Waals surface area contributed by atoms with Crippen LogP contribution in [0.4, 0.5) is 0 Å². The molecule has 2 aromatic carbocycles. The molecule has 0 aliphatic heterocycles. The Bertz CT molecular complexity index is 748. The van der Waals surface area contributed by atoms with Crippen molar-refractivity contribution in [2.75, 3.05) is 0 Å². The maximum atomic E-state index is 6.14. The van der Waals surface area contributed by atoms with E-state index >= 15 is 0 Å². The number of ether oxygens (including phenoxy) is 1. The van der Waals surface area contributed by atoms with Crippen molar-refractivity contribution in [1.82, 2.24) is 0 Å². The van der Waals surface area contributed by atoms with Crippen molar-refractivity contribution in [3.63, 3.8) is 0 Å². The molecule has 108 valence electrons. The summed E-state index contributed by atoms with van der Waals surface area (Å²) < 4.78 is 6.01. The molecule has 1 heterocycles. The Labute approximate surface area is 134 Å². The van der Waals surface area contributed by atoms with Gasteiger partial charge in [0.05, 0.1) is 5.88 Å². The molecule has 0 spiro atoms. The molecule has 21 heavy (non-hydrogen) atoms. The summed E-state index contributed by atoms with van der Waals surface area (Å²) in [5.74, 6) is 1.34. The number of hydrogen-bond acceptors (Lipinski definition) is 2. The SMILES string of the molecule is CCc1ccc(COc2ccc3ccccc3c2CCl)s1. The molecule has 0 saturated carbocycles. The number of thiophene rings is 1. The van der Waals surface area contributed by atoms with Gasteiger partial charge < -0.3 is 4.74 Å². The lowest BCUT2D eigenvalue weighted by Crippen LogP contribution is -1.97. The minimum absolute atomic E-state index is 0.460. The highest BCUT2D eigenvalue weighted by atomic mass is 35.5. The summed E-state index contributed by atoms with van der Waals surface area (Å²) in [4.78, 5) is 2.64. The van der Waals surface area contributed by atoms with Gasteiger partial charge in [-0.3, -0.25) is 0 Å². The number of hydrogen-bond donors (Lipinski definition) is 0. The van der Waals surface area contributed by atoms with Crippen molar-refractivity contribution in [3.8, 4) is 5.75 Å². The lowest BCUT2D eigenvalue weighted by atomic mass is 10.0. The van der Waals surface area contributed by atoms with Crippen LogP contribution in [0.15, 0.2) is 48.5 Å². The fraction of sp³-hybridized carbons (Fsp3) is 0.222. The molecule has 0 saturated heterocycles. The van der Waals surface area contributed by atoms with Gasteiger partial charge in [-0.15, -0.1) is 22.9 Å². The summed E-state index contributed by atoms with van der Waals surface area (Å²) in [7, 11) is 0. The third-order valence-electron chi connectivity index (χ3n) is 3.57. The van der Waals surface area contributed by atoms with Crippen LogP contribution in [0, 0.1) is 0 Å². The molecule has 0 unspecified atom stereocenters. The van der Waals surface area contributed by atoms with Crippen molar-refractivity contribution >= 4 is 33.7 Å². The molecule has 3 aromatic rings. The second-order valence-electron chi connectivity index (χ2n) is 4.91. The van der Waals surface area contributed by atoms with Gasteiger partial charge >= 0.3 is 0 Å². The predicted octanol–water partition coefficient (Wildman–Crippen LogP) is 5.78. The van der Waals surface area contributed by atoms with Crippen LogP contribution in [-0.4, -0.2) is 0 Å². The first-order chi connectivity index (χ1) is 10.3. The zero-order valence-electron chi connectivity index (χ0n) is 11.9. The molecule has 0 N–H and O–H groups in total. The van der Waals surface area contributed by atoms with Gasteiger partial charge in [0.25, 0.3) is 0 Å². The van der Waals surface area contributed by atoms with E-state index in [1.165, 1.54) is 20.5 Å². The fourth-order valence-electron chi connectivity index (χ4n) is 2.43. The smallest absolute Gasteiger partial charge is 0.124 e. The van der Waals surface area contributed by atoms with E-state index < -0.39 is 0 Å². The second kappa shape index (κ2) is 6.50. The first-order valence-corrected chi connectivity index (χ1v) is 8.44. The molecular formula is C18H17ClOS. The van der Waals surface area contributed by atoms with Crippen molar-refractivity contribution in [3.05, 3.63) is 63.8 Å². The average Bonchev–Trinajstić information content (AvgIpc) is 3.00. The maximum absolute atomic E-state index is 6.14. The van der Waals surface area contributed by atoms with Crippen molar-refractivity contribution in [2.45, 2.75) is 25.8 Å². The summed E-state index contributed by atoms with van der Waals surface area (Å²) in [6, 6.07) is 16.7. The van der Waals surface area contributed by atoms with Gasteiger partial charge in [0.2, 0.25) is 0 Å². The van der Waals surface area contributed by atoms with E-state index in [4.69, 9.17) is 16.3 Å². The largest absolute Gasteiger partial charge is 0.488 e. The molecule has 0 aliphatic rings. The Morgan fingerprint density at radius 3 is 2.57 bits per heavy atom. The summed E-state index contributed by atoms with van der Waals surface area (Å²) in [6.45, 7) is 2.78. The molecule has 0 amide bonds. The van der Waals surface area contributed by atoms with E-state index in [9.17, 15) is 0 Å². The van der Waals surface area contributed by atoms with Gasteiger partial charge in [0, 0.05) is 15.3 Å². The third kappa shape index (κ3) is 3.07. The molecular weight excluding hydrogens is 300 g/mol. The molecule has 0 aliphatic carbocycles. The Hall–Kier alpha value is -1.51. The number of halogens is 1. The molecule has 0 bridgehead atoms. The van der Waals surface area contributed by atoms with Gasteiger partial charge in [-0.05, 0) is 35.4 Å². The van der Waals surface area contributed by atoms with Gasteiger partial charge in [-0.2, -0.15) is 0 Å². The Morgan fingerprint density at radius 1 is 1.00 bits per heavy atom. The van der Waals surface area contributed by atoms with Crippen molar-refractivity contribution in [2.24, 2.45) is 0 Å². The minimum atomic E-state index is 0.460. The van der Waals surface area contributed by atoms with Gasteiger partial charge in [0.1, 0.15) is 12.4 Å². The van der Waals surface area contributed by atoms with Crippen molar-refractivity contribution < 1.29 is 4.74 Å². The second-order valence-corrected chi connectivity index (χ2v) is 6.43. The number of rotatable bonds is 5. The highest BCUT2D eigenvalue weighted by Gasteiger charge is 2.08. The monoisotopic (exact) mass is 316 g/mol. The van der Waals surface area contributed by atoms with Crippen LogP contribution < -0.4 is 4.74 Å². The highest BCUT2D eigenvalue weighted by molar-refractivity contribution is 7.11. The summed E-state index contributed by atoms with van der Waals surface area (Å²) in [5.41, 5.74) is 1.07. The van der Waals surface area contributed by atoms with E-state index in [1.54, 1.807) is 0 Å². The van der Waals surface area contributed by atoms with Crippen LogP contribution in [0.5, 0.6) is 5.75 Å². The number of aryl methyl sites for hydroxylation is 1. The molecule has 0 radical (unpaired) electrons. The summed E-state index contributed by atoms with van der Waals surface area (Å²) >= 11 is 7.95. The topological polar surface area (TPSA) is 9.23 Å². The van der Waals surface area contributed by atoms with Gasteiger partial charge in [0.15, 0.2) is 0 Å². The van der Waals surface area contributed by atoms with E-state index in [1.807, 2.05) is 29.5 Å². The van der Waals surface area contributed by atoms with Crippen LogP contribution in [0.3, 0.4) is 0 Å². The van der Waals surface area contributed by atoms with Gasteiger partial charge in [-0.1, -0.05) is 37.3 Å². The van der Waals surface area contributed by atoms with Crippen LogP contribution >= 0.6 is 22.9 Å². The molecule has 1 aromatic heterocycles. The number of fused-ring (bicyclic) bond motifs is 1. The lowest BCUT2D eigenvalue weighted by molar-refractivity contribution is 0.308. The Kier molecular flexibility index (Phi) is 4.47. The number of benzene rings is 2. The van der Waals surface area contributed by atoms with E-state index in [0.717, 1.165) is 17.7 Å². The first kappa shape index (κ1) is 14.4. The van der Waals surface area contributed by atoms with E-state index in [0.29, 0.717) is 12.5 Å². The van der Waals surface area contributed by atoms with Crippen LogP contribution in [0.25, 0.3) is 10.8 Å². The zero-order chi connectivity index (χ0) is 14.7. The molecule has 0 fully saturated rings. The first-order valence-electron chi connectivity index (χ1n) is 7.08. The van der Waals surface area contributed by atoms with Crippen LogP contribution in [0.2, 0.25) is 0 Å². The average molecular weight is 317 g/mol. The quantitative estimate of drug-likeness (QED) is 0.542. The normalized spacial score (nSPS) is 11.0.